The predicted octanol–water partition coefficient (Wildman–Crippen LogP) is -0.0789. The van der Waals surface area contributed by atoms with E-state index >= 15 is 0 Å². The maximum absolute atomic E-state index is 12.3. The number of nitrogens with one attached hydrogen (secondary N) is 1. The number of carboxylic acids is 1. The molecule has 9 nitrogen and oxygen atoms in total. The summed E-state index contributed by atoms with van der Waals surface area (Å²) in [5.41, 5.74) is 5.30. The summed E-state index contributed by atoms with van der Waals surface area (Å²) in [5.74, 6) is -3.48. The van der Waals surface area contributed by atoms with Crippen LogP contribution in [0.15, 0.2) is 0 Å². The fourth-order valence-corrected chi connectivity index (χ4v) is 1.95. The second kappa shape index (κ2) is 11.3. The number of ketones is 1. The number of hydrogen-bond donors (Lipinski definition) is 3. The molecule has 0 spiro atoms. The molecular formula is C17H29N3O6. The summed E-state index contributed by atoms with van der Waals surface area (Å²) in [6.45, 7) is 6.31. The normalized spacial score (nSPS) is 12.0. The molecule has 0 fully saturated rings. The summed E-state index contributed by atoms with van der Waals surface area (Å²) in [6.07, 6.45) is -0.152. The van der Waals surface area contributed by atoms with Gasteiger partial charge in [0.25, 0.3) is 0 Å². The summed E-state index contributed by atoms with van der Waals surface area (Å²) in [6, 6.07) is -1.16. The summed E-state index contributed by atoms with van der Waals surface area (Å²) in [4.78, 5) is 59.5. The summed E-state index contributed by atoms with van der Waals surface area (Å²) < 4.78 is 0. The van der Waals surface area contributed by atoms with E-state index in [1.807, 2.05) is 0 Å². The van der Waals surface area contributed by atoms with Crippen LogP contribution < -0.4 is 11.1 Å². The molecule has 0 aliphatic carbocycles. The molecule has 4 N–H and O–H groups in total. The second-order valence-corrected chi connectivity index (χ2v) is 6.67. The molecule has 3 amide bonds. The molecule has 9 heteroatoms. The van der Waals surface area contributed by atoms with Gasteiger partial charge in [0.05, 0.1) is 6.54 Å². The Labute approximate surface area is 153 Å². The van der Waals surface area contributed by atoms with Gasteiger partial charge in [-0.1, -0.05) is 27.7 Å². The summed E-state index contributed by atoms with van der Waals surface area (Å²) in [5, 5.41) is 11.0. The second-order valence-electron chi connectivity index (χ2n) is 6.67. The lowest BCUT2D eigenvalue weighted by molar-refractivity contribution is -0.147. The lowest BCUT2D eigenvalue weighted by atomic mass is 10.1. The minimum Gasteiger partial charge on any atom is -0.480 e. The first kappa shape index (κ1) is 23.7. The lowest BCUT2D eigenvalue weighted by Gasteiger charge is -2.23. The van der Waals surface area contributed by atoms with E-state index in [1.165, 1.54) is 0 Å². The number of nitrogens with two attached hydrogens (primary N) is 1. The zero-order valence-corrected chi connectivity index (χ0v) is 15.8. The van der Waals surface area contributed by atoms with Gasteiger partial charge in [-0.25, -0.2) is 0 Å². The maximum Gasteiger partial charge on any atom is 0.320 e. The van der Waals surface area contributed by atoms with Crippen LogP contribution in [0.1, 0.15) is 47.0 Å². The van der Waals surface area contributed by atoms with Crippen LogP contribution in [0.25, 0.3) is 0 Å². The topological polar surface area (TPSA) is 147 Å². The zero-order chi connectivity index (χ0) is 20.4. The molecule has 148 valence electrons. The molecule has 1 atom stereocenters. The monoisotopic (exact) mass is 371 g/mol. The number of amides is 3. The molecule has 0 aromatic heterocycles. The van der Waals surface area contributed by atoms with Crippen LogP contribution in [0.5, 0.6) is 0 Å². The van der Waals surface area contributed by atoms with Crippen molar-refractivity contribution in [2.75, 3.05) is 13.1 Å². The van der Waals surface area contributed by atoms with Crippen molar-refractivity contribution in [3.05, 3.63) is 0 Å². The standard InChI is InChI=1S/C17H29N3O6/c1-10(2)13(21)7-8-20(16(24)11(3)4)15(23)9-19-14(22)6-5-12(18)17(25)26/h10-12H,5-9,18H2,1-4H3,(H,19,22)(H,25,26)/t12-/m0/s1. The third kappa shape index (κ3) is 8.70. The van der Waals surface area contributed by atoms with Gasteiger partial charge in [0.2, 0.25) is 17.7 Å². The van der Waals surface area contributed by atoms with Crippen LogP contribution in [-0.2, 0) is 24.0 Å². The highest BCUT2D eigenvalue weighted by molar-refractivity contribution is 5.98. The van der Waals surface area contributed by atoms with E-state index < -0.39 is 42.2 Å². The molecule has 0 aromatic carbocycles. The average molecular weight is 371 g/mol. The fraction of sp³-hybridized carbons (Fsp3) is 0.706. The lowest BCUT2D eigenvalue weighted by Crippen LogP contribution is -2.46. The maximum atomic E-state index is 12.3. The number of carbonyl (C=O) groups is 5. The zero-order valence-electron chi connectivity index (χ0n) is 15.8. The van der Waals surface area contributed by atoms with E-state index in [4.69, 9.17) is 10.8 Å². The van der Waals surface area contributed by atoms with E-state index in [0.717, 1.165) is 4.90 Å². The molecule has 0 aliphatic rings. The average Bonchev–Trinajstić information content (AvgIpc) is 2.56. The van der Waals surface area contributed by atoms with E-state index in [-0.39, 0.29) is 37.5 Å². The van der Waals surface area contributed by atoms with Gasteiger partial charge in [0, 0.05) is 31.2 Å². The van der Waals surface area contributed by atoms with Gasteiger partial charge >= 0.3 is 5.97 Å². The smallest absolute Gasteiger partial charge is 0.320 e. The van der Waals surface area contributed by atoms with Gasteiger partial charge < -0.3 is 16.2 Å². The molecule has 0 radical (unpaired) electrons. The van der Waals surface area contributed by atoms with Gasteiger partial charge in [0.1, 0.15) is 11.8 Å². The summed E-state index contributed by atoms with van der Waals surface area (Å²) in [7, 11) is 0. The molecule has 0 aliphatic heterocycles. The molecular weight excluding hydrogens is 342 g/mol. The van der Waals surface area contributed by atoms with Gasteiger partial charge in [-0.2, -0.15) is 0 Å². The van der Waals surface area contributed by atoms with Gasteiger partial charge in [-0.3, -0.25) is 28.9 Å². The van der Waals surface area contributed by atoms with Crippen LogP contribution >= 0.6 is 0 Å². The van der Waals surface area contributed by atoms with Gasteiger partial charge in [0.15, 0.2) is 0 Å². The largest absolute Gasteiger partial charge is 0.480 e. The molecule has 26 heavy (non-hydrogen) atoms. The molecule has 0 unspecified atom stereocenters. The van der Waals surface area contributed by atoms with E-state index in [9.17, 15) is 24.0 Å². The van der Waals surface area contributed by atoms with E-state index in [1.54, 1.807) is 27.7 Å². The number of carbonyl (C=O) groups excluding carboxylic acids is 4. The van der Waals surface area contributed by atoms with Crippen LogP contribution in [0, 0.1) is 11.8 Å². The van der Waals surface area contributed by atoms with Crippen molar-refractivity contribution in [2.24, 2.45) is 17.6 Å². The SMILES string of the molecule is CC(C)C(=O)CCN(C(=O)CNC(=O)CC[C@H](N)C(=O)O)C(=O)C(C)C. The Morgan fingerprint density at radius 1 is 1.00 bits per heavy atom. The Morgan fingerprint density at radius 3 is 2.04 bits per heavy atom. The Hall–Kier alpha value is -2.29. The highest BCUT2D eigenvalue weighted by Gasteiger charge is 2.25. The highest BCUT2D eigenvalue weighted by atomic mass is 16.4. The first-order valence-corrected chi connectivity index (χ1v) is 8.59. The van der Waals surface area contributed by atoms with Crippen LogP contribution in [-0.4, -0.2) is 58.6 Å². The van der Waals surface area contributed by atoms with E-state index in [0.29, 0.717) is 0 Å². The molecule has 0 heterocycles. The third-order valence-electron chi connectivity index (χ3n) is 3.72. The highest BCUT2D eigenvalue weighted by Crippen LogP contribution is 2.06. The Morgan fingerprint density at radius 2 is 1.58 bits per heavy atom. The van der Waals surface area contributed by atoms with Crippen molar-refractivity contribution in [3.63, 3.8) is 0 Å². The quantitative estimate of drug-likeness (QED) is 0.460. The molecule has 0 aromatic rings. The predicted molar refractivity (Wildman–Crippen MR) is 93.9 cm³/mol. The van der Waals surface area contributed by atoms with Gasteiger partial charge in [-0.15, -0.1) is 0 Å². The summed E-state index contributed by atoms with van der Waals surface area (Å²) >= 11 is 0. The number of hydrogen-bond acceptors (Lipinski definition) is 6. The van der Waals surface area contributed by atoms with Crippen molar-refractivity contribution in [1.82, 2.24) is 10.2 Å². The Balaban J connectivity index is 4.67. The number of imide groups is 1. The van der Waals surface area contributed by atoms with Crippen LogP contribution in [0.2, 0.25) is 0 Å². The number of Topliss-reactive ketones (excluding diaryl/α,β-unsaturated/α-hetero) is 1. The minimum absolute atomic E-state index is 0.0351. The Bertz CT molecular complexity index is 545. The van der Waals surface area contributed by atoms with Crippen LogP contribution in [0.4, 0.5) is 0 Å². The first-order chi connectivity index (χ1) is 12.0. The fourth-order valence-electron chi connectivity index (χ4n) is 1.95. The Kier molecular flexibility index (Phi) is 10.3. The number of carboxylic acid groups (broad SMARTS) is 1. The van der Waals surface area contributed by atoms with Crippen molar-refractivity contribution in [1.29, 1.82) is 0 Å². The number of rotatable bonds is 11. The van der Waals surface area contributed by atoms with Crippen molar-refractivity contribution < 1.29 is 29.1 Å². The first-order valence-electron chi connectivity index (χ1n) is 8.59. The van der Waals surface area contributed by atoms with E-state index in [2.05, 4.69) is 5.32 Å². The molecule has 0 saturated heterocycles. The number of nitrogens with zero attached hydrogens (tertiary/aromatic N) is 1. The van der Waals surface area contributed by atoms with Crippen LogP contribution in [0.3, 0.4) is 0 Å². The van der Waals surface area contributed by atoms with Crippen molar-refractivity contribution >= 4 is 29.5 Å². The minimum atomic E-state index is -1.21. The molecule has 0 saturated carbocycles. The van der Waals surface area contributed by atoms with Crippen molar-refractivity contribution in [2.45, 2.75) is 53.0 Å². The molecule has 0 bridgehead atoms. The van der Waals surface area contributed by atoms with Gasteiger partial charge in [-0.05, 0) is 6.42 Å². The third-order valence-corrected chi connectivity index (χ3v) is 3.72. The number of aliphatic carboxylic acids is 1. The molecule has 0 rings (SSSR count). The van der Waals surface area contributed by atoms with Crippen molar-refractivity contribution in [3.8, 4) is 0 Å².